The van der Waals surface area contributed by atoms with Gasteiger partial charge in [-0.15, -0.1) is 0 Å². The Kier molecular flexibility index (Phi) is 2.83. The number of nitrogens with one attached hydrogen (secondary N) is 2. The highest BCUT2D eigenvalue weighted by Gasteiger charge is 2.46. The van der Waals surface area contributed by atoms with E-state index in [1.165, 1.54) is 25.7 Å². The molecule has 0 aromatic carbocycles. The number of aromatic nitrogens is 5. The third-order valence-corrected chi connectivity index (χ3v) is 5.42. The minimum Gasteiger partial charge on any atom is -0.341 e. The van der Waals surface area contributed by atoms with Crippen LogP contribution in [0.1, 0.15) is 59.7 Å². The highest BCUT2D eigenvalue weighted by atomic mass is 16.2. The number of aromatic amines is 2. The quantitative estimate of drug-likeness (QED) is 0.898. The number of hydrogen-bond donors (Lipinski definition) is 2. The van der Waals surface area contributed by atoms with E-state index in [0.717, 1.165) is 30.7 Å². The number of hydrogen-bond acceptors (Lipinski definition) is 4. The predicted octanol–water partition coefficient (Wildman–Crippen LogP) is 1.67. The topological polar surface area (TPSA) is 90.6 Å². The van der Waals surface area contributed by atoms with E-state index in [-0.39, 0.29) is 11.8 Å². The van der Waals surface area contributed by atoms with Crippen molar-refractivity contribution in [1.82, 2.24) is 30.0 Å². The van der Waals surface area contributed by atoms with Gasteiger partial charge in [-0.25, -0.2) is 9.97 Å². The minimum absolute atomic E-state index is 0.0394. The molecule has 3 heterocycles. The first-order valence-corrected chi connectivity index (χ1v) is 8.49. The van der Waals surface area contributed by atoms with E-state index in [4.69, 9.17) is 4.98 Å². The van der Waals surface area contributed by atoms with Crippen LogP contribution in [0.2, 0.25) is 0 Å². The van der Waals surface area contributed by atoms with Gasteiger partial charge >= 0.3 is 0 Å². The molecule has 5 rings (SSSR count). The number of rotatable bonds is 4. The van der Waals surface area contributed by atoms with Crippen LogP contribution >= 0.6 is 0 Å². The van der Waals surface area contributed by atoms with Crippen molar-refractivity contribution in [2.45, 2.75) is 37.5 Å². The van der Waals surface area contributed by atoms with Crippen molar-refractivity contribution < 1.29 is 4.79 Å². The van der Waals surface area contributed by atoms with E-state index in [9.17, 15) is 4.79 Å². The maximum atomic E-state index is 12.6. The van der Waals surface area contributed by atoms with E-state index >= 15 is 0 Å². The minimum atomic E-state index is 0.0394. The van der Waals surface area contributed by atoms with Crippen LogP contribution in [0.4, 0.5) is 0 Å². The Morgan fingerprint density at radius 2 is 2.09 bits per heavy atom. The first-order chi connectivity index (χ1) is 11.3. The standard InChI is InChI=1S/C16H20N6O/c23-16(13-5-17-8-18-13)22-6-11(9-1-2-9)12(7-22)15-19-14(20-21-15)10-3-4-10/h5,8-12H,1-4,6-7H2,(H,17,18)(H,19,20,21)/t11-,12+/m1/s1. The molecule has 23 heavy (non-hydrogen) atoms. The lowest BCUT2D eigenvalue weighted by atomic mass is 9.91. The smallest absolute Gasteiger partial charge is 0.271 e. The molecule has 2 aromatic heterocycles. The zero-order chi connectivity index (χ0) is 15.4. The normalized spacial score (nSPS) is 27.6. The van der Waals surface area contributed by atoms with Crippen molar-refractivity contribution in [2.24, 2.45) is 11.8 Å². The number of nitrogens with zero attached hydrogens (tertiary/aromatic N) is 4. The maximum absolute atomic E-state index is 12.6. The SMILES string of the molecule is O=C(c1cnc[nH]1)N1C[C@H](c2nc(C3CC3)n[nH]2)[C@@H](C2CC2)C1. The van der Waals surface area contributed by atoms with E-state index in [1.54, 1.807) is 12.5 Å². The summed E-state index contributed by atoms with van der Waals surface area (Å²) in [6, 6.07) is 0. The summed E-state index contributed by atoms with van der Waals surface area (Å²) in [4.78, 5) is 26.2. The maximum Gasteiger partial charge on any atom is 0.271 e. The van der Waals surface area contributed by atoms with Crippen LogP contribution in [0.15, 0.2) is 12.5 Å². The Morgan fingerprint density at radius 3 is 2.78 bits per heavy atom. The van der Waals surface area contributed by atoms with Crippen LogP contribution in [0.3, 0.4) is 0 Å². The average molecular weight is 312 g/mol. The molecule has 2 aromatic rings. The van der Waals surface area contributed by atoms with Crippen LogP contribution < -0.4 is 0 Å². The first kappa shape index (κ1) is 13.3. The van der Waals surface area contributed by atoms with Gasteiger partial charge in [0.2, 0.25) is 0 Å². The molecule has 0 radical (unpaired) electrons. The van der Waals surface area contributed by atoms with Crippen LogP contribution in [0.25, 0.3) is 0 Å². The van der Waals surface area contributed by atoms with Gasteiger partial charge in [-0.2, -0.15) is 5.10 Å². The first-order valence-electron chi connectivity index (χ1n) is 8.49. The van der Waals surface area contributed by atoms with Gasteiger partial charge < -0.3 is 9.88 Å². The fraction of sp³-hybridized carbons (Fsp3) is 0.625. The lowest BCUT2D eigenvalue weighted by Crippen LogP contribution is -2.29. The Hall–Kier alpha value is -2.18. The second kappa shape index (κ2) is 4.91. The molecular formula is C16H20N6O. The van der Waals surface area contributed by atoms with Crippen LogP contribution in [0.5, 0.6) is 0 Å². The average Bonchev–Trinajstić information content (AvgIpc) is 3.43. The molecule has 0 bridgehead atoms. The molecule has 2 saturated carbocycles. The van der Waals surface area contributed by atoms with Crippen molar-refractivity contribution in [3.8, 4) is 0 Å². The van der Waals surface area contributed by atoms with Gasteiger partial charge in [0.15, 0.2) is 5.82 Å². The van der Waals surface area contributed by atoms with Gasteiger partial charge in [-0.3, -0.25) is 9.89 Å². The third-order valence-electron chi connectivity index (χ3n) is 5.42. The fourth-order valence-electron chi connectivity index (χ4n) is 3.81. The number of amides is 1. The summed E-state index contributed by atoms with van der Waals surface area (Å²) in [6.07, 6.45) is 8.11. The van der Waals surface area contributed by atoms with E-state index < -0.39 is 0 Å². The van der Waals surface area contributed by atoms with Crippen molar-refractivity contribution in [3.05, 3.63) is 29.9 Å². The van der Waals surface area contributed by atoms with Crippen molar-refractivity contribution in [3.63, 3.8) is 0 Å². The lowest BCUT2D eigenvalue weighted by Gasteiger charge is -2.14. The van der Waals surface area contributed by atoms with Gasteiger partial charge in [0, 0.05) is 24.9 Å². The summed E-state index contributed by atoms with van der Waals surface area (Å²) < 4.78 is 0. The highest BCUT2D eigenvalue weighted by Crippen LogP contribution is 2.47. The van der Waals surface area contributed by atoms with Gasteiger partial charge in [0.1, 0.15) is 11.5 Å². The molecule has 1 aliphatic heterocycles. The summed E-state index contributed by atoms with van der Waals surface area (Å²) in [5, 5.41) is 7.56. The summed E-state index contributed by atoms with van der Waals surface area (Å²) in [5.74, 6) is 4.06. The zero-order valence-electron chi connectivity index (χ0n) is 12.9. The number of H-pyrrole nitrogens is 2. The molecular weight excluding hydrogens is 292 g/mol. The van der Waals surface area contributed by atoms with Crippen molar-refractivity contribution in [2.75, 3.05) is 13.1 Å². The Labute approximate surface area is 133 Å². The molecule has 7 nitrogen and oxygen atoms in total. The van der Waals surface area contributed by atoms with Crippen LogP contribution in [-0.2, 0) is 0 Å². The van der Waals surface area contributed by atoms with Crippen molar-refractivity contribution in [1.29, 1.82) is 0 Å². The zero-order valence-corrected chi connectivity index (χ0v) is 12.9. The van der Waals surface area contributed by atoms with E-state index in [0.29, 0.717) is 17.5 Å². The van der Waals surface area contributed by atoms with Gasteiger partial charge in [0.05, 0.1) is 12.5 Å². The van der Waals surface area contributed by atoms with E-state index in [2.05, 4.69) is 20.2 Å². The summed E-state index contributed by atoms with van der Waals surface area (Å²) >= 11 is 0. The molecule has 1 amide bonds. The van der Waals surface area contributed by atoms with Gasteiger partial charge in [0.25, 0.3) is 5.91 Å². The van der Waals surface area contributed by atoms with Crippen molar-refractivity contribution >= 4 is 5.91 Å². The number of carbonyl (C=O) groups excluding carboxylic acids is 1. The monoisotopic (exact) mass is 312 g/mol. The molecule has 3 fully saturated rings. The lowest BCUT2D eigenvalue weighted by molar-refractivity contribution is 0.0779. The molecule has 0 unspecified atom stereocenters. The number of imidazole rings is 1. The van der Waals surface area contributed by atoms with Crippen LogP contribution in [-0.4, -0.2) is 49.0 Å². The predicted molar refractivity (Wildman–Crippen MR) is 81.8 cm³/mol. The number of likely N-dealkylation sites (tertiary alicyclic amines) is 1. The number of carbonyl (C=O) groups is 1. The molecule has 2 N–H and O–H groups in total. The summed E-state index contributed by atoms with van der Waals surface area (Å²) in [6.45, 7) is 1.53. The molecule has 2 atom stereocenters. The second-order valence-corrected chi connectivity index (χ2v) is 7.14. The fourth-order valence-corrected chi connectivity index (χ4v) is 3.81. The largest absolute Gasteiger partial charge is 0.341 e. The Bertz CT molecular complexity index is 715. The van der Waals surface area contributed by atoms with Gasteiger partial charge in [-0.1, -0.05) is 0 Å². The third kappa shape index (κ3) is 2.34. The van der Waals surface area contributed by atoms with Crippen LogP contribution in [0, 0.1) is 11.8 Å². The highest BCUT2D eigenvalue weighted by molar-refractivity contribution is 5.92. The molecule has 2 aliphatic carbocycles. The second-order valence-electron chi connectivity index (χ2n) is 7.14. The molecule has 7 heteroatoms. The molecule has 120 valence electrons. The summed E-state index contributed by atoms with van der Waals surface area (Å²) in [7, 11) is 0. The van der Waals surface area contributed by atoms with E-state index in [1.807, 2.05) is 4.90 Å². The Balaban J connectivity index is 1.39. The molecule has 3 aliphatic rings. The van der Waals surface area contributed by atoms with Gasteiger partial charge in [-0.05, 0) is 37.5 Å². The Morgan fingerprint density at radius 1 is 1.22 bits per heavy atom. The molecule has 1 saturated heterocycles. The summed E-state index contributed by atoms with van der Waals surface area (Å²) in [5.41, 5.74) is 0.566. The molecule has 0 spiro atoms.